The lowest BCUT2D eigenvalue weighted by Crippen LogP contribution is -2.45. The van der Waals surface area contributed by atoms with E-state index in [1.54, 1.807) is 0 Å². The number of hydrogen-bond acceptors (Lipinski definition) is 3. The average Bonchev–Trinajstić information content (AvgIpc) is 2.33. The molecule has 0 aromatic carbocycles. The Morgan fingerprint density at radius 3 is 3.00 bits per heavy atom. The second-order valence-corrected chi connectivity index (χ2v) is 5.82. The predicted molar refractivity (Wildman–Crippen MR) is 73.9 cm³/mol. The van der Waals surface area contributed by atoms with Crippen LogP contribution in [0.15, 0.2) is 22.8 Å². The molecule has 1 N–H and O–H groups in total. The Morgan fingerprint density at radius 2 is 2.35 bits per heavy atom. The van der Waals surface area contributed by atoms with Crippen molar-refractivity contribution in [2.45, 2.75) is 38.4 Å². The van der Waals surface area contributed by atoms with Crippen molar-refractivity contribution in [3.63, 3.8) is 0 Å². The smallest absolute Gasteiger partial charge is 0.0542 e. The van der Waals surface area contributed by atoms with E-state index >= 15 is 0 Å². The molecule has 1 aromatic rings. The summed E-state index contributed by atoms with van der Waals surface area (Å²) in [4.78, 5) is 6.80. The first-order valence-electron chi connectivity index (χ1n) is 6.19. The van der Waals surface area contributed by atoms with Gasteiger partial charge in [0.25, 0.3) is 0 Å². The van der Waals surface area contributed by atoms with Crippen LogP contribution in [-0.4, -0.2) is 35.6 Å². The molecule has 0 bridgehead atoms. The van der Waals surface area contributed by atoms with Crippen LogP contribution in [0.3, 0.4) is 0 Å². The van der Waals surface area contributed by atoms with Gasteiger partial charge in [-0.05, 0) is 61.4 Å². The van der Waals surface area contributed by atoms with Crippen LogP contribution < -0.4 is 5.32 Å². The molecule has 1 fully saturated rings. The van der Waals surface area contributed by atoms with Crippen LogP contribution in [-0.2, 0) is 6.54 Å². The van der Waals surface area contributed by atoms with Gasteiger partial charge in [0.1, 0.15) is 0 Å². The molecule has 1 aliphatic rings. The molecule has 2 rings (SSSR count). The van der Waals surface area contributed by atoms with Crippen LogP contribution in [0.1, 0.15) is 25.5 Å². The summed E-state index contributed by atoms with van der Waals surface area (Å²) in [6.07, 6.45) is 4.32. The Labute approximate surface area is 112 Å². The zero-order valence-electron chi connectivity index (χ0n) is 10.5. The minimum Gasteiger partial charge on any atom is -0.308 e. The van der Waals surface area contributed by atoms with Crippen LogP contribution in [0.2, 0.25) is 0 Å². The first-order chi connectivity index (χ1) is 8.15. The van der Waals surface area contributed by atoms with Crippen LogP contribution >= 0.6 is 15.9 Å². The second-order valence-electron chi connectivity index (χ2n) is 4.90. The Morgan fingerprint density at radius 1 is 1.53 bits per heavy atom. The highest BCUT2D eigenvalue weighted by molar-refractivity contribution is 9.10. The van der Waals surface area contributed by atoms with Crippen LogP contribution in [0.25, 0.3) is 0 Å². The molecular weight excluding hydrogens is 278 g/mol. The number of piperidine rings is 1. The molecule has 94 valence electrons. The third-order valence-corrected chi connectivity index (χ3v) is 4.04. The number of nitrogens with one attached hydrogen (secondary N) is 1. The monoisotopic (exact) mass is 297 g/mol. The van der Waals surface area contributed by atoms with Gasteiger partial charge in [-0.25, -0.2) is 0 Å². The number of hydrogen-bond donors (Lipinski definition) is 1. The molecule has 0 spiro atoms. The van der Waals surface area contributed by atoms with Gasteiger partial charge in [0.15, 0.2) is 0 Å². The lowest BCUT2D eigenvalue weighted by Gasteiger charge is -2.35. The van der Waals surface area contributed by atoms with E-state index in [-0.39, 0.29) is 0 Å². The average molecular weight is 298 g/mol. The lowest BCUT2D eigenvalue weighted by molar-refractivity contribution is 0.168. The molecule has 1 aromatic heterocycles. The number of pyridine rings is 1. The number of rotatable bonds is 3. The summed E-state index contributed by atoms with van der Waals surface area (Å²) in [6, 6.07) is 5.42. The summed E-state index contributed by atoms with van der Waals surface area (Å²) in [7, 11) is 2.21. The van der Waals surface area contributed by atoms with Crippen molar-refractivity contribution in [2.24, 2.45) is 0 Å². The zero-order chi connectivity index (χ0) is 12.3. The Hall–Kier alpha value is -0.450. The summed E-state index contributed by atoms with van der Waals surface area (Å²) in [6.45, 7) is 4.35. The maximum absolute atomic E-state index is 4.38. The third kappa shape index (κ3) is 3.76. The van der Waals surface area contributed by atoms with E-state index in [9.17, 15) is 0 Å². The fourth-order valence-electron chi connectivity index (χ4n) is 2.23. The number of likely N-dealkylation sites (tertiary alicyclic amines) is 1. The van der Waals surface area contributed by atoms with E-state index in [4.69, 9.17) is 0 Å². The fourth-order valence-corrected chi connectivity index (χ4v) is 2.47. The summed E-state index contributed by atoms with van der Waals surface area (Å²) in [5, 5.41) is 3.60. The molecule has 0 saturated carbocycles. The summed E-state index contributed by atoms with van der Waals surface area (Å²) in [5.74, 6) is 0. The van der Waals surface area contributed by atoms with Gasteiger partial charge in [-0.15, -0.1) is 0 Å². The van der Waals surface area contributed by atoms with Crippen molar-refractivity contribution in [1.29, 1.82) is 0 Å². The van der Waals surface area contributed by atoms with Crippen LogP contribution in [0, 0.1) is 0 Å². The van der Waals surface area contributed by atoms with E-state index in [0.717, 1.165) is 16.7 Å². The molecule has 4 heteroatoms. The molecule has 1 aliphatic heterocycles. The Bertz CT molecular complexity index is 352. The standard InChI is InChI=1S/C13H20BrN3/c1-10-7-12(5-6-17(10)2)16-9-13-4-3-11(14)8-15-13/h3-4,8,10,12,16H,5-7,9H2,1-2H3. The van der Waals surface area contributed by atoms with Crippen molar-refractivity contribution >= 4 is 15.9 Å². The molecule has 1 saturated heterocycles. The first kappa shape index (κ1) is 13.0. The van der Waals surface area contributed by atoms with Crippen LogP contribution in [0.4, 0.5) is 0 Å². The van der Waals surface area contributed by atoms with Gasteiger partial charge in [-0.1, -0.05) is 0 Å². The number of nitrogens with zero attached hydrogens (tertiary/aromatic N) is 2. The van der Waals surface area contributed by atoms with Gasteiger partial charge in [0, 0.05) is 29.3 Å². The normalized spacial score (nSPS) is 26.1. The highest BCUT2D eigenvalue weighted by atomic mass is 79.9. The van der Waals surface area contributed by atoms with E-state index in [0.29, 0.717) is 12.1 Å². The Balaban J connectivity index is 1.80. The zero-order valence-corrected chi connectivity index (χ0v) is 12.1. The molecule has 0 amide bonds. The van der Waals surface area contributed by atoms with Gasteiger partial charge in [-0.3, -0.25) is 4.98 Å². The minimum atomic E-state index is 0.631. The SMILES string of the molecule is CC1CC(NCc2ccc(Br)cn2)CCN1C. The Kier molecular flexibility index (Phi) is 4.54. The van der Waals surface area contributed by atoms with Crippen molar-refractivity contribution in [3.8, 4) is 0 Å². The van der Waals surface area contributed by atoms with Gasteiger partial charge < -0.3 is 10.2 Å². The predicted octanol–water partition coefficient (Wildman–Crippen LogP) is 2.42. The van der Waals surface area contributed by atoms with Crippen molar-refractivity contribution in [3.05, 3.63) is 28.5 Å². The summed E-state index contributed by atoms with van der Waals surface area (Å²) >= 11 is 3.40. The summed E-state index contributed by atoms with van der Waals surface area (Å²) in [5.41, 5.74) is 1.11. The maximum atomic E-state index is 4.38. The maximum Gasteiger partial charge on any atom is 0.0542 e. The van der Waals surface area contributed by atoms with E-state index in [2.05, 4.69) is 51.2 Å². The van der Waals surface area contributed by atoms with Crippen molar-refractivity contribution < 1.29 is 0 Å². The quantitative estimate of drug-likeness (QED) is 0.929. The van der Waals surface area contributed by atoms with E-state index < -0.39 is 0 Å². The van der Waals surface area contributed by atoms with Gasteiger partial charge >= 0.3 is 0 Å². The molecule has 17 heavy (non-hydrogen) atoms. The molecule has 2 atom stereocenters. The fraction of sp³-hybridized carbons (Fsp3) is 0.615. The molecule has 2 unspecified atom stereocenters. The van der Waals surface area contributed by atoms with Gasteiger partial charge in [0.2, 0.25) is 0 Å². The number of halogens is 1. The summed E-state index contributed by atoms with van der Waals surface area (Å²) < 4.78 is 1.04. The van der Waals surface area contributed by atoms with Gasteiger partial charge in [0.05, 0.1) is 5.69 Å². The third-order valence-electron chi connectivity index (χ3n) is 3.57. The van der Waals surface area contributed by atoms with Gasteiger partial charge in [-0.2, -0.15) is 0 Å². The largest absolute Gasteiger partial charge is 0.308 e. The second kappa shape index (κ2) is 5.94. The topological polar surface area (TPSA) is 28.2 Å². The van der Waals surface area contributed by atoms with E-state index in [1.165, 1.54) is 19.4 Å². The van der Waals surface area contributed by atoms with Crippen LogP contribution in [0.5, 0.6) is 0 Å². The first-order valence-corrected chi connectivity index (χ1v) is 6.98. The van der Waals surface area contributed by atoms with Crippen molar-refractivity contribution in [2.75, 3.05) is 13.6 Å². The molecular formula is C13H20BrN3. The molecule has 2 heterocycles. The lowest BCUT2D eigenvalue weighted by atomic mass is 9.99. The number of aromatic nitrogens is 1. The van der Waals surface area contributed by atoms with Crippen molar-refractivity contribution in [1.82, 2.24) is 15.2 Å². The minimum absolute atomic E-state index is 0.631. The van der Waals surface area contributed by atoms with E-state index in [1.807, 2.05) is 12.3 Å². The highest BCUT2D eigenvalue weighted by Gasteiger charge is 2.22. The molecule has 0 radical (unpaired) electrons. The highest BCUT2D eigenvalue weighted by Crippen LogP contribution is 2.15. The molecule has 0 aliphatic carbocycles. The molecule has 3 nitrogen and oxygen atoms in total.